The average Bonchev–Trinajstić information content (AvgIpc) is 3.68. The normalized spacial score (nSPS) is 21.2. The highest BCUT2D eigenvalue weighted by Crippen LogP contribution is 2.40. The van der Waals surface area contributed by atoms with Crippen LogP contribution in [0.25, 0.3) is 11.2 Å². The maximum atomic E-state index is 10.8. The van der Waals surface area contributed by atoms with Crippen molar-refractivity contribution < 1.29 is 24.6 Å². The lowest BCUT2D eigenvalue weighted by molar-refractivity contribution is -0.0434. The highest BCUT2D eigenvalue weighted by molar-refractivity contribution is 6.28. The van der Waals surface area contributed by atoms with Crippen molar-refractivity contribution in [1.82, 2.24) is 24.7 Å². The summed E-state index contributed by atoms with van der Waals surface area (Å²) < 4.78 is 12.6. The number of nitrogens with zero attached hydrogens (tertiary/aromatic N) is 5. The molecule has 200 valence electrons. The molecule has 12 heteroatoms. The molecule has 4 heterocycles. The zero-order valence-electron chi connectivity index (χ0n) is 20.5. The Balaban J connectivity index is 1.30. The molecule has 0 aliphatic carbocycles. The summed E-state index contributed by atoms with van der Waals surface area (Å²) in [7, 11) is 0. The van der Waals surface area contributed by atoms with E-state index in [2.05, 4.69) is 49.7 Å². The molecule has 5 aromatic rings. The smallest absolute Gasteiger partial charge is 0.226 e. The van der Waals surface area contributed by atoms with Gasteiger partial charge in [-0.1, -0.05) is 65.8 Å². The van der Waals surface area contributed by atoms with Crippen LogP contribution in [-0.2, 0) is 11.3 Å². The third-order valence-corrected chi connectivity index (χ3v) is 6.97. The second-order valence-corrected chi connectivity index (χ2v) is 9.57. The van der Waals surface area contributed by atoms with Gasteiger partial charge in [-0.15, -0.1) is 0 Å². The Morgan fingerprint density at radius 1 is 0.974 bits per heavy atom. The van der Waals surface area contributed by atoms with Crippen molar-refractivity contribution in [3.8, 4) is 0 Å². The van der Waals surface area contributed by atoms with Crippen molar-refractivity contribution in [3.05, 3.63) is 101 Å². The van der Waals surface area contributed by atoms with Crippen LogP contribution in [0.5, 0.6) is 0 Å². The van der Waals surface area contributed by atoms with E-state index in [4.69, 9.17) is 20.9 Å². The molecule has 0 saturated carbocycles. The predicted molar refractivity (Wildman–Crippen MR) is 141 cm³/mol. The van der Waals surface area contributed by atoms with E-state index in [1.807, 2.05) is 36.4 Å². The monoisotopic (exact) mass is 548 g/mol. The van der Waals surface area contributed by atoms with Crippen molar-refractivity contribution in [1.29, 1.82) is 0 Å². The number of anilines is 1. The highest BCUT2D eigenvalue weighted by Gasteiger charge is 2.47. The number of aliphatic hydroxyl groups is 3. The third kappa shape index (κ3) is 4.86. The van der Waals surface area contributed by atoms with Gasteiger partial charge in [0, 0.05) is 18.5 Å². The van der Waals surface area contributed by atoms with Gasteiger partial charge in [-0.25, -0.2) is 4.98 Å². The zero-order valence-corrected chi connectivity index (χ0v) is 21.3. The van der Waals surface area contributed by atoms with Crippen molar-refractivity contribution in [2.24, 2.45) is 0 Å². The molecule has 11 nitrogen and oxygen atoms in total. The standard InChI is InChI=1S/C27H25ClN6O5/c28-27-31-24(29-12-18(15-7-3-1-4-8-15)16-9-5-2-6-10-16)20-25(32-27)34(14-30-20)26-22(37)21(36)23(38-26)19-11-17(13-35)33-39-19/h1-11,14,18,21-23,26,35-37H,12-13H2,(H,29,31,32)/t21-,22+,23+,26+/m0/s1. The number of aromatic nitrogens is 5. The first kappa shape index (κ1) is 25.4. The lowest BCUT2D eigenvalue weighted by atomic mass is 9.91. The second-order valence-electron chi connectivity index (χ2n) is 9.23. The molecule has 4 atom stereocenters. The molecule has 1 aliphatic rings. The topological polar surface area (TPSA) is 152 Å². The first-order valence-electron chi connectivity index (χ1n) is 12.3. The molecule has 6 rings (SSSR count). The van der Waals surface area contributed by atoms with Crippen molar-refractivity contribution >= 4 is 28.6 Å². The summed E-state index contributed by atoms with van der Waals surface area (Å²) in [4.78, 5) is 13.2. The SMILES string of the molecule is OCc1cc([C@H]2O[C@@H](n3cnc4c(NCC(c5ccccc5)c5ccccc5)nc(Cl)nc43)[C@H](O)[C@@H]2O)on1. The van der Waals surface area contributed by atoms with Gasteiger partial charge in [-0.3, -0.25) is 4.57 Å². The lowest BCUT2D eigenvalue weighted by Crippen LogP contribution is -2.28. The molecule has 39 heavy (non-hydrogen) atoms. The fourth-order valence-corrected chi connectivity index (χ4v) is 5.02. The van der Waals surface area contributed by atoms with Gasteiger partial charge in [0.1, 0.15) is 24.0 Å². The fourth-order valence-electron chi connectivity index (χ4n) is 4.86. The van der Waals surface area contributed by atoms with E-state index in [1.165, 1.54) is 17.0 Å². The number of imidazole rings is 1. The molecule has 3 aromatic heterocycles. The molecule has 4 N–H and O–H groups in total. The number of rotatable bonds is 8. The van der Waals surface area contributed by atoms with Gasteiger partial charge < -0.3 is 29.9 Å². The number of nitrogens with one attached hydrogen (secondary N) is 1. The number of benzene rings is 2. The lowest BCUT2D eigenvalue weighted by Gasteiger charge is -2.19. The van der Waals surface area contributed by atoms with Crippen LogP contribution in [-0.4, -0.2) is 58.7 Å². The van der Waals surface area contributed by atoms with E-state index in [-0.39, 0.29) is 29.3 Å². The molecule has 1 aliphatic heterocycles. The van der Waals surface area contributed by atoms with E-state index >= 15 is 0 Å². The van der Waals surface area contributed by atoms with Crippen molar-refractivity contribution in [2.45, 2.75) is 37.1 Å². The molecule has 0 radical (unpaired) electrons. The van der Waals surface area contributed by atoms with Gasteiger partial charge in [0.05, 0.1) is 12.9 Å². The summed E-state index contributed by atoms with van der Waals surface area (Å²) in [5, 5.41) is 37.8. The summed E-state index contributed by atoms with van der Waals surface area (Å²) in [6.07, 6.45) is -3.25. The quantitative estimate of drug-likeness (QED) is 0.213. The Morgan fingerprint density at radius 2 is 1.67 bits per heavy atom. The Hall–Kier alpha value is -3.87. The van der Waals surface area contributed by atoms with E-state index in [0.29, 0.717) is 23.5 Å². The minimum Gasteiger partial charge on any atom is -0.390 e. The van der Waals surface area contributed by atoms with Crippen LogP contribution in [0.3, 0.4) is 0 Å². The van der Waals surface area contributed by atoms with Crippen LogP contribution in [0.15, 0.2) is 77.6 Å². The number of fused-ring (bicyclic) bond motifs is 1. The summed E-state index contributed by atoms with van der Waals surface area (Å²) in [5.74, 6) is 0.633. The molecular formula is C27H25ClN6O5. The number of ether oxygens (including phenoxy) is 1. The van der Waals surface area contributed by atoms with Gasteiger partial charge in [0.25, 0.3) is 0 Å². The largest absolute Gasteiger partial charge is 0.390 e. The Kier molecular flexibility index (Phi) is 6.98. The average molecular weight is 549 g/mol. The predicted octanol–water partition coefficient (Wildman–Crippen LogP) is 3.20. The number of hydrogen-bond acceptors (Lipinski definition) is 10. The highest BCUT2D eigenvalue weighted by atomic mass is 35.5. The van der Waals surface area contributed by atoms with E-state index < -0.39 is 24.5 Å². The van der Waals surface area contributed by atoms with Gasteiger partial charge in [0.15, 0.2) is 29.0 Å². The first-order chi connectivity index (χ1) is 19.0. The van der Waals surface area contributed by atoms with Crippen LogP contribution in [0, 0.1) is 0 Å². The van der Waals surface area contributed by atoms with Crippen molar-refractivity contribution in [2.75, 3.05) is 11.9 Å². The molecule has 1 saturated heterocycles. The zero-order chi connectivity index (χ0) is 26.9. The Labute approximate surface area is 227 Å². The fraction of sp³-hybridized carbons (Fsp3) is 0.259. The molecule has 0 amide bonds. The Morgan fingerprint density at radius 3 is 2.31 bits per heavy atom. The third-order valence-electron chi connectivity index (χ3n) is 6.80. The van der Waals surface area contributed by atoms with E-state index in [9.17, 15) is 15.3 Å². The number of halogens is 1. The van der Waals surface area contributed by atoms with Crippen LogP contribution >= 0.6 is 11.6 Å². The van der Waals surface area contributed by atoms with Gasteiger partial charge in [-0.05, 0) is 22.7 Å². The molecule has 2 aromatic carbocycles. The minimum absolute atomic E-state index is 0.0184. The molecule has 0 bridgehead atoms. The minimum atomic E-state index is -1.33. The van der Waals surface area contributed by atoms with E-state index in [1.54, 1.807) is 0 Å². The van der Waals surface area contributed by atoms with Crippen LogP contribution in [0.1, 0.15) is 40.8 Å². The van der Waals surface area contributed by atoms with Crippen LogP contribution in [0.4, 0.5) is 5.82 Å². The van der Waals surface area contributed by atoms with Gasteiger partial charge in [-0.2, -0.15) is 9.97 Å². The first-order valence-corrected chi connectivity index (χ1v) is 12.7. The summed E-state index contributed by atoms with van der Waals surface area (Å²) >= 11 is 6.31. The van der Waals surface area contributed by atoms with Crippen LogP contribution in [0.2, 0.25) is 5.28 Å². The summed E-state index contributed by atoms with van der Waals surface area (Å²) in [6.45, 7) is 0.177. The maximum absolute atomic E-state index is 10.8. The van der Waals surface area contributed by atoms with Gasteiger partial charge in [0.2, 0.25) is 5.28 Å². The molecule has 1 fully saturated rings. The van der Waals surface area contributed by atoms with Gasteiger partial charge >= 0.3 is 0 Å². The van der Waals surface area contributed by atoms with Crippen molar-refractivity contribution in [3.63, 3.8) is 0 Å². The molecule has 0 spiro atoms. The number of hydrogen-bond donors (Lipinski definition) is 4. The molecule has 0 unspecified atom stereocenters. The Bertz CT molecular complexity index is 1520. The second kappa shape index (κ2) is 10.7. The number of aliphatic hydroxyl groups excluding tert-OH is 3. The summed E-state index contributed by atoms with van der Waals surface area (Å²) in [6, 6.07) is 21.8. The summed E-state index contributed by atoms with van der Waals surface area (Å²) in [5.41, 5.74) is 3.30. The molecular weight excluding hydrogens is 524 g/mol. The van der Waals surface area contributed by atoms with E-state index in [0.717, 1.165) is 11.1 Å². The van der Waals surface area contributed by atoms with Crippen LogP contribution < -0.4 is 5.32 Å². The maximum Gasteiger partial charge on any atom is 0.226 e.